The lowest BCUT2D eigenvalue weighted by Crippen LogP contribution is -2.51. The Morgan fingerprint density at radius 3 is 2.92 bits per heavy atom. The molecule has 1 fully saturated rings. The minimum atomic E-state index is -0.994. The van der Waals surface area contributed by atoms with Crippen LogP contribution in [0, 0.1) is 5.92 Å². The highest BCUT2D eigenvalue weighted by molar-refractivity contribution is 5.68. The highest BCUT2D eigenvalue weighted by Gasteiger charge is 2.39. The maximum atomic E-state index is 10.6. The van der Waals surface area contributed by atoms with E-state index in [1.54, 1.807) is 0 Å². The molecule has 0 saturated carbocycles. The predicted octanol–water partition coefficient (Wildman–Crippen LogP) is 0.212. The number of aliphatic hydroxyl groups is 1. The number of carboxylic acid groups (broad SMARTS) is 1. The molecular formula is C9H17NO3. The van der Waals surface area contributed by atoms with Crippen molar-refractivity contribution in [2.45, 2.75) is 31.8 Å². The van der Waals surface area contributed by atoms with E-state index in [4.69, 9.17) is 5.11 Å². The minimum Gasteiger partial charge on any atom is -0.481 e. The molecule has 0 aromatic heterocycles. The molecule has 4 heteroatoms. The number of aliphatic carboxylic acids is 1. The summed E-state index contributed by atoms with van der Waals surface area (Å²) in [5, 5.41) is 21.9. The van der Waals surface area contributed by atoms with Crippen molar-refractivity contribution in [3.05, 3.63) is 0 Å². The number of carbonyl (C=O) groups is 1. The topological polar surface area (TPSA) is 69.6 Å². The van der Waals surface area contributed by atoms with Crippen LogP contribution in [0.4, 0.5) is 0 Å². The fraction of sp³-hybridized carbons (Fsp3) is 0.889. The Labute approximate surface area is 78.0 Å². The van der Waals surface area contributed by atoms with Crippen molar-refractivity contribution in [3.63, 3.8) is 0 Å². The van der Waals surface area contributed by atoms with E-state index in [1.165, 1.54) is 0 Å². The number of carboxylic acids is 1. The fourth-order valence-corrected chi connectivity index (χ4v) is 1.99. The Bertz CT molecular complexity index is 195. The summed E-state index contributed by atoms with van der Waals surface area (Å²) in [6, 6.07) is 0. The van der Waals surface area contributed by atoms with Gasteiger partial charge in [0.15, 0.2) is 0 Å². The van der Waals surface area contributed by atoms with E-state index in [-0.39, 0.29) is 12.3 Å². The molecule has 0 amide bonds. The van der Waals surface area contributed by atoms with Gasteiger partial charge in [0.1, 0.15) is 0 Å². The molecule has 1 aliphatic rings. The van der Waals surface area contributed by atoms with Crippen molar-refractivity contribution in [3.8, 4) is 0 Å². The molecule has 2 unspecified atom stereocenters. The second kappa shape index (κ2) is 4.07. The van der Waals surface area contributed by atoms with Gasteiger partial charge >= 0.3 is 5.97 Å². The maximum absolute atomic E-state index is 10.6. The summed E-state index contributed by atoms with van der Waals surface area (Å²) in [4.78, 5) is 10.6. The van der Waals surface area contributed by atoms with E-state index in [0.717, 1.165) is 13.0 Å². The van der Waals surface area contributed by atoms with Crippen molar-refractivity contribution < 1.29 is 15.0 Å². The molecule has 4 nitrogen and oxygen atoms in total. The molecule has 1 heterocycles. The van der Waals surface area contributed by atoms with E-state index in [9.17, 15) is 9.90 Å². The van der Waals surface area contributed by atoms with Crippen LogP contribution in [0.1, 0.15) is 26.2 Å². The predicted molar refractivity (Wildman–Crippen MR) is 48.5 cm³/mol. The van der Waals surface area contributed by atoms with Crippen molar-refractivity contribution in [1.29, 1.82) is 0 Å². The number of piperidine rings is 1. The number of hydrogen-bond acceptors (Lipinski definition) is 3. The van der Waals surface area contributed by atoms with Gasteiger partial charge in [0.05, 0.1) is 12.0 Å². The highest BCUT2D eigenvalue weighted by atomic mass is 16.4. The largest absolute Gasteiger partial charge is 0.481 e. The van der Waals surface area contributed by atoms with Gasteiger partial charge < -0.3 is 15.5 Å². The van der Waals surface area contributed by atoms with Gasteiger partial charge in [-0.2, -0.15) is 0 Å². The van der Waals surface area contributed by atoms with Gasteiger partial charge in [0.25, 0.3) is 0 Å². The third kappa shape index (κ3) is 2.42. The third-order valence-electron chi connectivity index (χ3n) is 2.84. The molecule has 0 aromatic rings. The van der Waals surface area contributed by atoms with E-state index in [2.05, 4.69) is 5.32 Å². The van der Waals surface area contributed by atoms with Gasteiger partial charge in [-0.05, 0) is 19.4 Å². The smallest absolute Gasteiger partial charge is 0.306 e. The maximum Gasteiger partial charge on any atom is 0.306 e. The number of hydrogen-bond donors (Lipinski definition) is 3. The molecule has 0 bridgehead atoms. The summed E-state index contributed by atoms with van der Waals surface area (Å²) in [5.41, 5.74) is -0.994. The summed E-state index contributed by atoms with van der Waals surface area (Å²) in [6.07, 6.45) is 1.22. The molecule has 0 spiro atoms. The van der Waals surface area contributed by atoms with Crippen molar-refractivity contribution >= 4 is 5.97 Å². The van der Waals surface area contributed by atoms with Gasteiger partial charge in [0.2, 0.25) is 0 Å². The zero-order chi connectivity index (χ0) is 9.90. The van der Waals surface area contributed by atoms with Crippen LogP contribution in [0.2, 0.25) is 0 Å². The van der Waals surface area contributed by atoms with Crippen LogP contribution in [0.25, 0.3) is 0 Å². The Hall–Kier alpha value is -0.610. The van der Waals surface area contributed by atoms with Crippen LogP contribution in [0.5, 0.6) is 0 Å². The SMILES string of the molecule is CCC1CNCCC1(O)CC(=O)O. The molecule has 1 saturated heterocycles. The second-order valence-electron chi connectivity index (χ2n) is 3.73. The average molecular weight is 187 g/mol. The standard InChI is InChI=1S/C9H17NO3/c1-2-7-6-10-4-3-9(7,13)5-8(11)12/h7,10,13H,2-6H2,1H3,(H,11,12). The lowest BCUT2D eigenvalue weighted by atomic mass is 9.78. The van der Waals surface area contributed by atoms with E-state index < -0.39 is 11.6 Å². The van der Waals surface area contributed by atoms with Crippen molar-refractivity contribution in [1.82, 2.24) is 5.32 Å². The summed E-state index contributed by atoms with van der Waals surface area (Å²) in [5.74, 6) is -0.847. The molecule has 0 aromatic carbocycles. The molecule has 13 heavy (non-hydrogen) atoms. The van der Waals surface area contributed by atoms with Gasteiger partial charge in [0, 0.05) is 12.5 Å². The first-order valence-electron chi connectivity index (χ1n) is 4.73. The van der Waals surface area contributed by atoms with Gasteiger partial charge in [-0.3, -0.25) is 4.79 Å². The first-order valence-corrected chi connectivity index (χ1v) is 4.73. The van der Waals surface area contributed by atoms with Crippen LogP contribution in [-0.4, -0.2) is 34.9 Å². The molecule has 1 aliphatic heterocycles. The average Bonchev–Trinajstić information content (AvgIpc) is 2.03. The van der Waals surface area contributed by atoms with Gasteiger partial charge in [-0.1, -0.05) is 6.92 Å². The van der Waals surface area contributed by atoms with Crippen molar-refractivity contribution in [2.24, 2.45) is 5.92 Å². The minimum absolute atomic E-state index is 0.0670. The van der Waals surface area contributed by atoms with Crippen molar-refractivity contribution in [2.75, 3.05) is 13.1 Å². The Morgan fingerprint density at radius 1 is 1.69 bits per heavy atom. The third-order valence-corrected chi connectivity index (χ3v) is 2.84. The summed E-state index contributed by atoms with van der Waals surface area (Å²) >= 11 is 0. The lowest BCUT2D eigenvalue weighted by molar-refractivity contribution is -0.146. The second-order valence-corrected chi connectivity index (χ2v) is 3.73. The summed E-state index contributed by atoms with van der Waals surface area (Å²) in [7, 11) is 0. The Morgan fingerprint density at radius 2 is 2.38 bits per heavy atom. The summed E-state index contributed by atoms with van der Waals surface area (Å²) < 4.78 is 0. The monoisotopic (exact) mass is 187 g/mol. The van der Waals surface area contributed by atoms with Crippen LogP contribution in [0.15, 0.2) is 0 Å². The van der Waals surface area contributed by atoms with E-state index in [1.807, 2.05) is 6.92 Å². The highest BCUT2D eigenvalue weighted by Crippen LogP contribution is 2.30. The molecule has 0 radical (unpaired) electrons. The molecule has 2 atom stereocenters. The molecule has 1 rings (SSSR count). The van der Waals surface area contributed by atoms with Gasteiger partial charge in [-0.15, -0.1) is 0 Å². The zero-order valence-corrected chi connectivity index (χ0v) is 7.92. The zero-order valence-electron chi connectivity index (χ0n) is 7.92. The van der Waals surface area contributed by atoms with Crippen LogP contribution >= 0.6 is 0 Å². The Balaban J connectivity index is 2.64. The lowest BCUT2D eigenvalue weighted by Gasteiger charge is -2.39. The Kier molecular flexibility index (Phi) is 3.27. The number of rotatable bonds is 3. The van der Waals surface area contributed by atoms with E-state index in [0.29, 0.717) is 13.0 Å². The van der Waals surface area contributed by atoms with Crippen LogP contribution in [-0.2, 0) is 4.79 Å². The van der Waals surface area contributed by atoms with Gasteiger partial charge in [-0.25, -0.2) is 0 Å². The number of nitrogens with one attached hydrogen (secondary N) is 1. The molecule has 3 N–H and O–H groups in total. The normalized spacial score (nSPS) is 34.5. The first-order chi connectivity index (χ1) is 6.08. The molecule has 76 valence electrons. The quantitative estimate of drug-likeness (QED) is 0.591. The molecular weight excluding hydrogens is 170 g/mol. The molecule has 0 aliphatic carbocycles. The first kappa shape index (κ1) is 10.5. The fourth-order valence-electron chi connectivity index (χ4n) is 1.99. The summed E-state index contributed by atoms with van der Waals surface area (Å²) in [6.45, 7) is 3.41. The van der Waals surface area contributed by atoms with Crippen LogP contribution < -0.4 is 5.32 Å². The van der Waals surface area contributed by atoms with E-state index >= 15 is 0 Å². The van der Waals surface area contributed by atoms with Crippen LogP contribution in [0.3, 0.4) is 0 Å².